The van der Waals surface area contributed by atoms with E-state index >= 15 is 0 Å². The van der Waals surface area contributed by atoms with Crippen LogP contribution in [0.25, 0.3) is 0 Å². The van der Waals surface area contributed by atoms with Gasteiger partial charge in [0.25, 0.3) is 0 Å². The van der Waals surface area contributed by atoms with Gasteiger partial charge in [-0.05, 0) is 13.3 Å². The van der Waals surface area contributed by atoms with Crippen molar-refractivity contribution in [3.63, 3.8) is 0 Å². The average Bonchev–Trinajstić information content (AvgIpc) is 2.31. The predicted octanol–water partition coefficient (Wildman–Crippen LogP) is 4.53. The summed E-state index contributed by atoms with van der Waals surface area (Å²) in [5.74, 6) is 0. The average molecular weight is 230 g/mol. The van der Waals surface area contributed by atoms with E-state index in [0.717, 1.165) is 13.2 Å². The second-order valence-corrected chi connectivity index (χ2v) is 4.35. The van der Waals surface area contributed by atoms with Crippen LogP contribution in [0.1, 0.15) is 71.6 Å². The Kier molecular flexibility index (Phi) is 14.8. The van der Waals surface area contributed by atoms with Crippen LogP contribution in [-0.4, -0.2) is 20.0 Å². The van der Waals surface area contributed by atoms with Gasteiger partial charge < -0.3 is 9.47 Å². The Morgan fingerprint density at radius 2 is 1.19 bits per heavy atom. The van der Waals surface area contributed by atoms with Crippen molar-refractivity contribution >= 4 is 0 Å². The highest BCUT2D eigenvalue weighted by atomic mass is 16.7. The van der Waals surface area contributed by atoms with Crippen molar-refractivity contribution < 1.29 is 9.47 Å². The van der Waals surface area contributed by atoms with E-state index in [9.17, 15) is 0 Å². The molecule has 0 N–H and O–H groups in total. The molecule has 0 atom stereocenters. The van der Waals surface area contributed by atoms with Gasteiger partial charge in [-0.1, -0.05) is 58.3 Å². The Bertz CT molecular complexity index is 101. The van der Waals surface area contributed by atoms with Crippen LogP contribution >= 0.6 is 0 Å². The largest absolute Gasteiger partial charge is 0.356 e. The van der Waals surface area contributed by atoms with Crippen LogP contribution in [0.5, 0.6) is 0 Å². The van der Waals surface area contributed by atoms with Gasteiger partial charge in [0, 0.05) is 13.2 Å². The molecule has 16 heavy (non-hydrogen) atoms. The first-order valence-electron chi connectivity index (χ1n) is 7.07. The molecule has 0 aromatic rings. The van der Waals surface area contributed by atoms with E-state index in [-0.39, 0.29) is 0 Å². The van der Waals surface area contributed by atoms with Gasteiger partial charge in [0.2, 0.25) is 0 Å². The van der Waals surface area contributed by atoms with Crippen LogP contribution in [0.3, 0.4) is 0 Å². The summed E-state index contributed by atoms with van der Waals surface area (Å²) in [4.78, 5) is 0. The van der Waals surface area contributed by atoms with Crippen molar-refractivity contribution in [3.8, 4) is 0 Å². The molecule has 0 aliphatic heterocycles. The van der Waals surface area contributed by atoms with Crippen LogP contribution in [-0.2, 0) is 9.47 Å². The number of ether oxygens (including phenoxy) is 2. The summed E-state index contributed by atoms with van der Waals surface area (Å²) >= 11 is 0. The number of rotatable bonds is 13. The summed E-state index contributed by atoms with van der Waals surface area (Å²) in [5.41, 5.74) is 0. The molecule has 0 heterocycles. The molecule has 0 amide bonds. The lowest BCUT2D eigenvalue weighted by atomic mass is 10.1. The Balaban J connectivity index is 2.83. The predicted molar refractivity (Wildman–Crippen MR) is 69.7 cm³/mol. The zero-order valence-corrected chi connectivity index (χ0v) is 11.3. The smallest absolute Gasteiger partial charge is 0.146 e. The Labute approximate surface area is 102 Å². The fraction of sp³-hybridized carbons (Fsp3) is 1.00. The van der Waals surface area contributed by atoms with Crippen LogP contribution in [0.2, 0.25) is 0 Å². The lowest BCUT2D eigenvalue weighted by molar-refractivity contribution is -0.0502. The zero-order valence-electron chi connectivity index (χ0n) is 11.3. The molecule has 0 fully saturated rings. The maximum atomic E-state index is 5.31. The molecule has 98 valence electrons. The van der Waals surface area contributed by atoms with Crippen LogP contribution in [0.15, 0.2) is 0 Å². The number of hydrogen-bond acceptors (Lipinski definition) is 2. The molecule has 0 spiro atoms. The molecule has 0 bridgehead atoms. The fourth-order valence-corrected chi connectivity index (χ4v) is 1.72. The number of hydrogen-bond donors (Lipinski definition) is 0. The fourth-order valence-electron chi connectivity index (χ4n) is 1.72. The molecule has 0 aliphatic carbocycles. The van der Waals surface area contributed by atoms with Gasteiger partial charge in [-0.3, -0.25) is 0 Å². The first-order chi connectivity index (χ1) is 7.91. The first-order valence-corrected chi connectivity index (χ1v) is 7.07. The van der Waals surface area contributed by atoms with Crippen molar-refractivity contribution in [1.82, 2.24) is 0 Å². The highest BCUT2D eigenvalue weighted by molar-refractivity contribution is 4.46. The van der Waals surface area contributed by atoms with Crippen molar-refractivity contribution in [1.29, 1.82) is 0 Å². The third-order valence-electron chi connectivity index (χ3n) is 2.76. The Hall–Kier alpha value is -0.0800. The molecule has 0 saturated heterocycles. The Morgan fingerprint density at radius 1 is 0.625 bits per heavy atom. The van der Waals surface area contributed by atoms with Gasteiger partial charge in [0.15, 0.2) is 0 Å². The summed E-state index contributed by atoms with van der Waals surface area (Å²) in [6.45, 7) is 6.32. The molecular formula is C14H30O2. The zero-order chi connectivity index (χ0) is 11.9. The monoisotopic (exact) mass is 230 g/mol. The van der Waals surface area contributed by atoms with E-state index in [1.807, 2.05) is 6.92 Å². The minimum atomic E-state index is 0.466. The summed E-state index contributed by atoms with van der Waals surface area (Å²) in [6.07, 6.45) is 12.3. The molecule has 0 saturated carbocycles. The lowest BCUT2D eigenvalue weighted by Gasteiger charge is -2.04. The second-order valence-electron chi connectivity index (χ2n) is 4.35. The van der Waals surface area contributed by atoms with Crippen molar-refractivity contribution in [2.45, 2.75) is 71.6 Å². The molecule has 2 nitrogen and oxygen atoms in total. The highest BCUT2D eigenvalue weighted by Crippen LogP contribution is 2.09. The minimum Gasteiger partial charge on any atom is -0.356 e. The van der Waals surface area contributed by atoms with Crippen molar-refractivity contribution in [2.24, 2.45) is 0 Å². The van der Waals surface area contributed by atoms with Crippen LogP contribution < -0.4 is 0 Å². The van der Waals surface area contributed by atoms with Crippen molar-refractivity contribution in [3.05, 3.63) is 0 Å². The highest BCUT2D eigenvalue weighted by Gasteiger charge is 1.92. The molecule has 0 radical (unpaired) electrons. The third kappa shape index (κ3) is 13.9. The van der Waals surface area contributed by atoms with Crippen LogP contribution in [0.4, 0.5) is 0 Å². The maximum Gasteiger partial charge on any atom is 0.146 e. The van der Waals surface area contributed by atoms with Gasteiger partial charge >= 0.3 is 0 Å². The van der Waals surface area contributed by atoms with Gasteiger partial charge in [-0.15, -0.1) is 0 Å². The summed E-state index contributed by atoms with van der Waals surface area (Å²) in [5, 5.41) is 0. The van der Waals surface area contributed by atoms with E-state index < -0.39 is 0 Å². The number of unbranched alkanes of at least 4 members (excludes halogenated alkanes) is 8. The molecule has 0 aromatic heterocycles. The summed E-state index contributed by atoms with van der Waals surface area (Å²) in [7, 11) is 0. The molecule has 0 aromatic carbocycles. The van der Waals surface area contributed by atoms with Crippen molar-refractivity contribution in [2.75, 3.05) is 20.0 Å². The molecule has 0 unspecified atom stereocenters. The molecule has 0 rings (SSSR count). The lowest BCUT2D eigenvalue weighted by Crippen LogP contribution is -2.00. The Morgan fingerprint density at radius 3 is 1.75 bits per heavy atom. The summed E-state index contributed by atoms with van der Waals surface area (Å²) < 4.78 is 10.4. The third-order valence-corrected chi connectivity index (χ3v) is 2.76. The molecular weight excluding hydrogens is 200 g/mol. The summed E-state index contributed by atoms with van der Waals surface area (Å²) in [6, 6.07) is 0. The van der Waals surface area contributed by atoms with E-state index in [2.05, 4.69) is 6.92 Å². The van der Waals surface area contributed by atoms with Gasteiger partial charge in [-0.25, -0.2) is 0 Å². The molecule has 0 aliphatic rings. The van der Waals surface area contributed by atoms with Gasteiger partial charge in [-0.2, -0.15) is 0 Å². The van der Waals surface area contributed by atoms with Crippen LogP contribution in [0, 0.1) is 0 Å². The van der Waals surface area contributed by atoms with E-state index in [0.29, 0.717) is 6.79 Å². The second kappa shape index (κ2) is 14.9. The first kappa shape index (κ1) is 15.9. The standard InChI is InChI=1S/C14H30O2/c1-3-5-6-7-8-9-10-11-12-13-16-14-15-4-2/h3-14H2,1-2H3. The minimum absolute atomic E-state index is 0.466. The quantitative estimate of drug-likeness (QED) is 0.342. The van der Waals surface area contributed by atoms with E-state index in [1.165, 1.54) is 57.8 Å². The van der Waals surface area contributed by atoms with E-state index in [1.54, 1.807) is 0 Å². The maximum absolute atomic E-state index is 5.31. The normalized spacial score (nSPS) is 10.9. The van der Waals surface area contributed by atoms with Gasteiger partial charge in [0.05, 0.1) is 0 Å². The topological polar surface area (TPSA) is 18.5 Å². The van der Waals surface area contributed by atoms with Gasteiger partial charge in [0.1, 0.15) is 6.79 Å². The molecule has 2 heteroatoms. The van der Waals surface area contributed by atoms with E-state index in [4.69, 9.17) is 9.47 Å². The SMILES string of the molecule is CCCCCCCCCCCOCOCC.